The van der Waals surface area contributed by atoms with Crippen molar-refractivity contribution in [2.24, 2.45) is 5.92 Å². The number of ether oxygens (including phenoxy) is 1. The van der Waals surface area contributed by atoms with Gasteiger partial charge >= 0.3 is 5.97 Å². The van der Waals surface area contributed by atoms with Gasteiger partial charge in [-0.1, -0.05) is 18.2 Å². The molecule has 0 aliphatic carbocycles. The highest BCUT2D eigenvalue weighted by molar-refractivity contribution is 7.71. The van der Waals surface area contributed by atoms with Gasteiger partial charge < -0.3 is 9.15 Å². The largest absolute Gasteiger partial charge is 0.469 e. The van der Waals surface area contributed by atoms with E-state index in [1.807, 2.05) is 59.5 Å². The van der Waals surface area contributed by atoms with Gasteiger partial charge in [0.15, 0.2) is 5.82 Å². The predicted octanol–water partition coefficient (Wildman–Crippen LogP) is 4.20. The zero-order chi connectivity index (χ0) is 21.1. The molecule has 0 amide bonds. The van der Waals surface area contributed by atoms with Crippen LogP contribution in [0.15, 0.2) is 47.1 Å². The summed E-state index contributed by atoms with van der Waals surface area (Å²) in [5, 5.41) is 4.85. The minimum Gasteiger partial charge on any atom is -0.469 e. The fraction of sp³-hybridized carbons (Fsp3) is 0.409. The molecule has 0 bridgehead atoms. The molecule has 8 heteroatoms. The summed E-state index contributed by atoms with van der Waals surface area (Å²) in [4.78, 5) is 14.3. The molecule has 30 heavy (non-hydrogen) atoms. The van der Waals surface area contributed by atoms with Crippen molar-refractivity contribution in [1.29, 1.82) is 0 Å². The second kappa shape index (κ2) is 8.97. The van der Waals surface area contributed by atoms with Crippen LogP contribution in [0.3, 0.4) is 0 Å². The number of likely N-dealkylation sites (tertiary alicyclic amines) is 1. The summed E-state index contributed by atoms with van der Waals surface area (Å²) in [6, 6.07) is 11.9. The monoisotopic (exact) mass is 426 g/mol. The third-order valence-corrected chi connectivity index (χ3v) is 5.89. The van der Waals surface area contributed by atoms with E-state index < -0.39 is 0 Å². The molecule has 4 rings (SSSR count). The van der Waals surface area contributed by atoms with Gasteiger partial charge in [-0.15, -0.1) is 5.10 Å². The first kappa shape index (κ1) is 20.6. The molecule has 1 aliphatic rings. The second-order valence-corrected chi connectivity index (χ2v) is 7.82. The average molecular weight is 427 g/mol. The van der Waals surface area contributed by atoms with Crippen LogP contribution in [0.1, 0.15) is 25.5 Å². The maximum Gasteiger partial charge on any atom is 0.309 e. The van der Waals surface area contributed by atoms with Gasteiger partial charge in [0.25, 0.3) is 0 Å². The molecule has 0 atom stereocenters. The van der Waals surface area contributed by atoms with Crippen LogP contribution in [-0.2, 0) is 16.2 Å². The predicted molar refractivity (Wildman–Crippen MR) is 116 cm³/mol. The molecule has 0 saturated carbocycles. The van der Waals surface area contributed by atoms with Crippen LogP contribution in [0.2, 0.25) is 0 Å². The lowest BCUT2D eigenvalue weighted by Gasteiger charge is -2.30. The Kier molecular flexibility index (Phi) is 6.15. The molecule has 1 aromatic carbocycles. The summed E-state index contributed by atoms with van der Waals surface area (Å²) in [7, 11) is 0. The summed E-state index contributed by atoms with van der Waals surface area (Å²) >= 11 is 5.81. The smallest absolute Gasteiger partial charge is 0.309 e. The first-order valence-corrected chi connectivity index (χ1v) is 10.7. The molecular weight excluding hydrogens is 400 g/mol. The number of carbonyl (C=O) groups excluding carboxylic acids is 1. The Hall–Kier alpha value is -2.71. The molecule has 3 heterocycles. The van der Waals surface area contributed by atoms with E-state index in [2.05, 4.69) is 4.90 Å². The van der Waals surface area contributed by atoms with Gasteiger partial charge in [0.05, 0.1) is 31.0 Å². The van der Waals surface area contributed by atoms with Gasteiger partial charge in [-0.25, -0.2) is 4.68 Å². The Morgan fingerprint density at radius 3 is 2.60 bits per heavy atom. The summed E-state index contributed by atoms with van der Waals surface area (Å²) in [6.07, 6.45) is 3.25. The molecule has 1 aliphatic heterocycles. The van der Waals surface area contributed by atoms with Gasteiger partial charge in [0.1, 0.15) is 5.76 Å². The lowest BCUT2D eigenvalue weighted by atomic mass is 9.97. The highest BCUT2D eigenvalue weighted by Gasteiger charge is 2.27. The van der Waals surface area contributed by atoms with Crippen molar-refractivity contribution < 1.29 is 13.9 Å². The number of esters is 1. The number of furan rings is 1. The van der Waals surface area contributed by atoms with E-state index >= 15 is 0 Å². The third kappa shape index (κ3) is 4.11. The Morgan fingerprint density at radius 1 is 1.23 bits per heavy atom. The zero-order valence-corrected chi connectivity index (χ0v) is 18.1. The molecule has 0 N–H and O–H groups in total. The molecular formula is C22H26N4O3S. The van der Waals surface area contributed by atoms with Gasteiger partial charge in [-0.2, -0.15) is 0 Å². The quantitative estimate of drug-likeness (QED) is 0.435. The highest BCUT2D eigenvalue weighted by atomic mass is 32.1. The van der Waals surface area contributed by atoms with E-state index in [-0.39, 0.29) is 11.9 Å². The van der Waals surface area contributed by atoms with Crippen molar-refractivity contribution in [2.75, 3.05) is 19.7 Å². The number of benzene rings is 1. The SMILES string of the molecule is CCOC(=O)C1CCN(Cn2nc(-c3ccoc3C)n(-c3ccccc3)c2=S)CC1. The van der Waals surface area contributed by atoms with Crippen LogP contribution < -0.4 is 0 Å². The van der Waals surface area contributed by atoms with E-state index in [0.717, 1.165) is 48.8 Å². The number of rotatable bonds is 6. The van der Waals surface area contributed by atoms with E-state index in [1.54, 1.807) is 6.26 Å². The van der Waals surface area contributed by atoms with Crippen molar-refractivity contribution in [3.05, 3.63) is 53.2 Å². The van der Waals surface area contributed by atoms with Gasteiger partial charge in [-0.3, -0.25) is 14.3 Å². The Labute approximate surface area is 180 Å². The summed E-state index contributed by atoms with van der Waals surface area (Å²) in [5.41, 5.74) is 1.88. The molecule has 1 saturated heterocycles. The molecule has 158 valence electrons. The molecule has 0 unspecified atom stereocenters. The third-order valence-electron chi connectivity index (χ3n) is 5.49. The maximum atomic E-state index is 12.0. The van der Waals surface area contributed by atoms with Crippen LogP contribution >= 0.6 is 12.2 Å². The van der Waals surface area contributed by atoms with Crippen LogP contribution in [0.5, 0.6) is 0 Å². The minimum absolute atomic E-state index is 0.0137. The van der Waals surface area contributed by atoms with Crippen LogP contribution in [-0.4, -0.2) is 44.9 Å². The van der Waals surface area contributed by atoms with E-state index in [1.165, 1.54) is 0 Å². The number of aryl methyl sites for hydroxylation is 1. The fourth-order valence-electron chi connectivity index (χ4n) is 3.86. The van der Waals surface area contributed by atoms with Crippen LogP contribution in [0.25, 0.3) is 17.1 Å². The average Bonchev–Trinajstić information content (AvgIpc) is 3.32. The van der Waals surface area contributed by atoms with Crippen LogP contribution in [0.4, 0.5) is 0 Å². The molecule has 2 aromatic heterocycles. The number of piperidine rings is 1. The highest BCUT2D eigenvalue weighted by Crippen LogP contribution is 2.27. The summed E-state index contributed by atoms with van der Waals surface area (Å²) in [5.74, 6) is 1.47. The first-order chi connectivity index (χ1) is 14.6. The van der Waals surface area contributed by atoms with E-state index in [0.29, 0.717) is 18.0 Å². The Bertz CT molecular complexity index is 1060. The van der Waals surface area contributed by atoms with E-state index in [9.17, 15) is 4.79 Å². The van der Waals surface area contributed by atoms with Crippen molar-refractivity contribution in [3.63, 3.8) is 0 Å². The second-order valence-electron chi connectivity index (χ2n) is 7.45. The van der Waals surface area contributed by atoms with Crippen molar-refractivity contribution >= 4 is 18.2 Å². The van der Waals surface area contributed by atoms with Crippen molar-refractivity contribution in [3.8, 4) is 17.1 Å². The number of para-hydroxylation sites is 1. The van der Waals surface area contributed by atoms with Crippen molar-refractivity contribution in [2.45, 2.75) is 33.4 Å². The molecule has 0 radical (unpaired) electrons. The number of hydrogen-bond donors (Lipinski definition) is 0. The normalized spacial score (nSPS) is 15.4. The number of nitrogens with zero attached hydrogens (tertiary/aromatic N) is 4. The summed E-state index contributed by atoms with van der Waals surface area (Å²) < 4.78 is 15.2. The maximum absolute atomic E-state index is 12.0. The first-order valence-electron chi connectivity index (χ1n) is 10.3. The molecule has 0 spiro atoms. The molecule has 3 aromatic rings. The van der Waals surface area contributed by atoms with Crippen molar-refractivity contribution in [1.82, 2.24) is 19.2 Å². The number of hydrogen-bond acceptors (Lipinski definition) is 6. The Morgan fingerprint density at radius 2 is 1.97 bits per heavy atom. The fourth-order valence-corrected chi connectivity index (χ4v) is 4.15. The Balaban J connectivity index is 1.60. The number of aromatic nitrogens is 3. The lowest BCUT2D eigenvalue weighted by molar-refractivity contribution is -0.149. The topological polar surface area (TPSA) is 65.4 Å². The van der Waals surface area contributed by atoms with Crippen LogP contribution in [0, 0.1) is 17.6 Å². The molecule has 1 fully saturated rings. The zero-order valence-electron chi connectivity index (χ0n) is 17.3. The molecule has 7 nitrogen and oxygen atoms in total. The minimum atomic E-state index is -0.0835. The standard InChI is InChI=1S/C22H26N4O3S/c1-3-28-21(27)17-9-12-24(13-10-17)15-25-22(30)26(18-7-5-4-6-8-18)20(23-25)19-11-14-29-16(19)2/h4-8,11,14,17H,3,9-10,12-13,15H2,1-2H3. The lowest BCUT2D eigenvalue weighted by Crippen LogP contribution is -2.38. The summed E-state index contributed by atoms with van der Waals surface area (Å²) in [6.45, 7) is 6.40. The van der Waals surface area contributed by atoms with Gasteiger partial charge in [0.2, 0.25) is 4.77 Å². The van der Waals surface area contributed by atoms with Gasteiger partial charge in [0, 0.05) is 18.8 Å². The van der Waals surface area contributed by atoms with E-state index in [4.69, 9.17) is 26.5 Å². The van der Waals surface area contributed by atoms with Gasteiger partial charge in [-0.05, 0) is 57.1 Å². The number of carbonyl (C=O) groups is 1.